The third-order valence-electron chi connectivity index (χ3n) is 3.19. The van der Waals surface area contributed by atoms with Crippen LogP contribution in [0.25, 0.3) is 0 Å². The summed E-state index contributed by atoms with van der Waals surface area (Å²) in [5.41, 5.74) is 5.93. The topological polar surface area (TPSA) is 78.6 Å². The van der Waals surface area contributed by atoms with Gasteiger partial charge in [0.2, 0.25) is 5.91 Å². The number of nitrogens with two attached hydrogens (primary N) is 1. The number of nitrogen functional groups attached to an aromatic ring is 1. The predicted octanol–water partition coefficient (Wildman–Crippen LogP) is 2.34. The van der Waals surface area contributed by atoms with Gasteiger partial charge in [0.15, 0.2) is 0 Å². The second-order valence-electron chi connectivity index (χ2n) is 5.77. The summed E-state index contributed by atoms with van der Waals surface area (Å²) in [4.78, 5) is 14.2. The minimum Gasteiger partial charge on any atom is -0.397 e. The first-order valence-electron chi connectivity index (χ1n) is 6.96. The lowest BCUT2D eigenvalue weighted by atomic mass is 10.1. The molecule has 0 spiro atoms. The maximum Gasteiger partial charge on any atom is 0.241 e. The Balaban J connectivity index is 2.77. The molecule has 118 valence electrons. The predicted molar refractivity (Wildman–Crippen MR) is 87.5 cm³/mol. The van der Waals surface area contributed by atoms with Crippen LogP contribution in [0.2, 0.25) is 5.02 Å². The summed E-state index contributed by atoms with van der Waals surface area (Å²) in [6.45, 7) is 8.26. The van der Waals surface area contributed by atoms with Gasteiger partial charge in [0.1, 0.15) is 0 Å². The minimum atomic E-state index is -0.857. The van der Waals surface area contributed by atoms with Crippen LogP contribution in [0.1, 0.15) is 27.7 Å². The van der Waals surface area contributed by atoms with E-state index in [1.165, 1.54) is 0 Å². The van der Waals surface area contributed by atoms with Crippen LogP contribution in [0.3, 0.4) is 0 Å². The van der Waals surface area contributed by atoms with Gasteiger partial charge < -0.3 is 16.2 Å². The van der Waals surface area contributed by atoms with E-state index in [0.717, 1.165) is 0 Å². The van der Waals surface area contributed by atoms with Crippen LogP contribution >= 0.6 is 11.6 Å². The van der Waals surface area contributed by atoms with E-state index in [0.29, 0.717) is 29.5 Å². The number of amides is 1. The average molecular weight is 314 g/mol. The van der Waals surface area contributed by atoms with E-state index in [2.05, 4.69) is 5.32 Å². The number of hydrogen-bond donors (Lipinski definition) is 3. The van der Waals surface area contributed by atoms with Crippen molar-refractivity contribution in [3.05, 3.63) is 23.2 Å². The van der Waals surface area contributed by atoms with Crippen molar-refractivity contribution in [2.45, 2.75) is 39.3 Å². The van der Waals surface area contributed by atoms with E-state index in [1.54, 1.807) is 39.0 Å². The number of hydrogen-bond acceptors (Lipinski definition) is 4. The van der Waals surface area contributed by atoms with Crippen molar-refractivity contribution in [3.63, 3.8) is 0 Å². The van der Waals surface area contributed by atoms with Gasteiger partial charge in [-0.15, -0.1) is 0 Å². The molecule has 1 amide bonds. The minimum absolute atomic E-state index is 0.171. The van der Waals surface area contributed by atoms with Gasteiger partial charge in [-0.05, 0) is 45.5 Å². The van der Waals surface area contributed by atoms with Crippen LogP contribution < -0.4 is 11.1 Å². The van der Waals surface area contributed by atoms with Crippen molar-refractivity contribution in [2.75, 3.05) is 24.1 Å². The second kappa shape index (κ2) is 7.11. The zero-order valence-electron chi connectivity index (χ0n) is 13.0. The summed E-state index contributed by atoms with van der Waals surface area (Å²) < 4.78 is 0. The van der Waals surface area contributed by atoms with Crippen molar-refractivity contribution in [3.8, 4) is 0 Å². The highest BCUT2D eigenvalue weighted by Gasteiger charge is 2.25. The van der Waals surface area contributed by atoms with E-state index in [4.69, 9.17) is 17.3 Å². The molecule has 0 heterocycles. The van der Waals surface area contributed by atoms with Gasteiger partial charge in [-0.2, -0.15) is 0 Å². The highest BCUT2D eigenvalue weighted by molar-refractivity contribution is 6.31. The summed E-state index contributed by atoms with van der Waals surface area (Å²) in [7, 11) is 0. The molecule has 0 saturated heterocycles. The average Bonchev–Trinajstić information content (AvgIpc) is 2.37. The van der Waals surface area contributed by atoms with Crippen molar-refractivity contribution < 1.29 is 9.90 Å². The fourth-order valence-corrected chi connectivity index (χ4v) is 2.25. The molecule has 0 aliphatic carbocycles. The number of halogens is 1. The lowest BCUT2D eigenvalue weighted by molar-refractivity contribution is -0.121. The Morgan fingerprint density at radius 3 is 2.62 bits per heavy atom. The second-order valence-corrected chi connectivity index (χ2v) is 6.21. The Kier molecular flexibility index (Phi) is 6.01. The SMILES string of the molecule is CCN(CC(C)(C)O)C(C)C(=O)Nc1ccc(Cl)cc1N. The number of nitrogens with zero attached hydrogens (tertiary/aromatic N) is 1. The normalized spacial score (nSPS) is 13.3. The maximum atomic E-state index is 12.3. The third kappa shape index (κ3) is 5.53. The van der Waals surface area contributed by atoms with E-state index in [1.807, 2.05) is 11.8 Å². The molecule has 5 nitrogen and oxygen atoms in total. The zero-order valence-corrected chi connectivity index (χ0v) is 13.7. The molecular formula is C15H24ClN3O2. The lowest BCUT2D eigenvalue weighted by Gasteiger charge is -2.32. The van der Waals surface area contributed by atoms with Crippen LogP contribution in [0.5, 0.6) is 0 Å². The molecule has 6 heteroatoms. The molecule has 1 rings (SSSR count). The number of benzene rings is 1. The first-order chi connectivity index (χ1) is 9.64. The number of carbonyl (C=O) groups is 1. The Morgan fingerprint density at radius 1 is 1.52 bits per heavy atom. The van der Waals surface area contributed by atoms with E-state index in [9.17, 15) is 9.90 Å². The van der Waals surface area contributed by atoms with Gasteiger partial charge in [-0.3, -0.25) is 9.69 Å². The first-order valence-corrected chi connectivity index (χ1v) is 7.34. The van der Waals surface area contributed by atoms with Crippen molar-refractivity contribution >= 4 is 28.9 Å². The monoisotopic (exact) mass is 313 g/mol. The molecule has 0 aliphatic heterocycles. The summed E-state index contributed by atoms with van der Waals surface area (Å²) in [6, 6.07) is 4.56. The number of anilines is 2. The van der Waals surface area contributed by atoms with E-state index >= 15 is 0 Å². The summed E-state index contributed by atoms with van der Waals surface area (Å²) >= 11 is 5.83. The molecule has 0 saturated carbocycles. The molecule has 0 aromatic heterocycles. The molecule has 0 fully saturated rings. The molecule has 1 aromatic rings. The van der Waals surface area contributed by atoms with E-state index in [-0.39, 0.29) is 11.9 Å². The molecular weight excluding hydrogens is 290 g/mol. The molecule has 21 heavy (non-hydrogen) atoms. The number of rotatable bonds is 6. The van der Waals surface area contributed by atoms with Crippen molar-refractivity contribution in [1.82, 2.24) is 4.90 Å². The molecule has 0 bridgehead atoms. The maximum absolute atomic E-state index is 12.3. The molecule has 1 aromatic carbocycles. The Bertz CT molecular complexity index is 500. The Hall–Kier alpha value is -1.30. The third-order valence-corrected chi connectivity index (χ3v) is 3.43. The van der Waals surface area contributed by atoms with Gasteiger partial charge in [0.05, 0.1) is 23.0 Å². The van der Waals surface area contributed by atoms with Crippen molar-refractivity contribution in [1.29, 1.82) is 0 Å². The van der Waals surface area contributed by atoms with Crippen LogP contribution in [-0.2, 0) is 4.79 Å². The first kappa shape index (κ1) is 17.8. The van der Waals surface area contributed by atoms with Gasteiger partial charge >= 0.3 is 0 Å². The fourth-order valence-electron chi connectivity index (χ4n) is 2.07. The van der Waals surface area contributed by atoms with Crippen LogP contribution in [0.15, 0.2) is 18.2 Å². The van der Waals surface area contributed by atoms with Crippen LogP contribution in [-0.4, -0.2) is 40.6 Å². The lowest BCUT2D eigenvalue weighted by Crippen LogP contribution is -2.48. The van der Waals surface area contributed by atoms with Crippen LogP contribution in [0.4, 0.5) is 11.4 Å². The molecule has 0 aliphatic rings. The van der Waals surface area contributed by atoms with Gasteiger partial charge in [-0.1, -0.05) is 18.5 Å². The molecule has 1 atom stereocenters. The van der Waals surface area contributed by atoms with Gasteiger partial charge in [0.25, 0.3) is 0 Å². The van der Waals surface area contributed by atoms with Gasteiger partial charge in [-0.25, -0.2) is 0 Å². The Morgan fingerprint density at radius 2 is 2.14 bits per heavy atom. The summed E-state index contributed by atoms with van der Waals surface area (Å²) in [5.74, 6) is -0.171. The quantitative estimate of drug-likeness (QED) is 0.704. The number of carbonyl (C=O) groups excluding carboxylic acids is 1. The molecule has 1 unspecified atom stereocenters. The number of aliphatic hydroxyl groups is 1. The largest absolute Gasteiger partial charge is 0.397 e. The van der Waals surface area contributed by atoms with E-state index < -0.39 is 5.60 Å². The summed E-state index contributed by atoms with van der Waals surface area (Å²) in [5, 5.41) is 13.2. The zero-order chi connectivity index (χ0) is 16.2. The summed E-state index contributed by atoms with van der Waals surface area (Å²) in [6.07, 6.45) is 0. The number of likely N-dealkylation sites (N-methyl/N-ethyl adjacent to an activating group) is 1. The molecule has 4 N–H and O–H groups in total. The smallest absolute Gasteiger partial charge is 0.241 e. The Labute approximate surface area is 131 Å². The molecule has 0 radical (unpaired) electrons. The van der Waals surface area contributed by atoms with Crippen molar-refractivity contribution in [2.24, 2.45) is 0 Å². The number of nitrogens with one attached hydrogen (secondary N) is 1. The fraction of sp³-hybridized carbons (Fsp3) is 0.533. The van der Waals surface area contributed by atoms with Crippen LogP contribution in [0, 0.1) is 0 Å². The highest BCUT2D eigenvalue weighted by Crippen LogP contribution is 2.23. The standard InChI is InChI=1S/C15H24ClN3O2/c1-5-19(9-15(3,4)21)10(2)14(20)18-13-7-6-11(16)8-12(13)17/h6-8,10,21H,5,9,17H2,1-4H3,(H,18,20). The van der Waals surface area contributed by atoms with Gasteiger partial charge in [0, 0.05) is 11.6 Å². The highest BCUT2D eigenvalue weighted by atomic mass is 35.5.